The number of aromatic nitrogens is 2. The van der Waals surface area contributed by atoms with Crippen LogP contribution >= 0.6 is 11.6 Å². The van der Waals surface area contributed by atoms with Crippen molar-refractivity contribution in [3.63, 3.8) is 0 Å². The fourth-order valence-electron chi connectivity index (χ4n) is 3.79. The van der Waals surface area contributed by atoms with Gasteiger partial charge in [-0.15, -0.1) is 0 Å². The predicted molar refractivity (Wildman–Crippen MR) is 117 cm³/mol. The average Bonchev–Trinajstić information content (AvgIpc) is 2.79. The number of halogens is 2. The molecular weight excluding hydrogens is 419 g/mol. The molecule has 3 aromatic rings. The van der Waals surface area contributed by atoms with Gasteiger partial charge in [-0.05, 0) is 61.2 Å². The van der Waals surface area contributed by atoms with Gasteiger partial charge in [-0.3, -0.25) is 4.79 Å². The zero-order valence-corrected chi connectivity index (χ0v) is 17.6. The Morgan fingerprint density at radius 3 is 2.65 bits per heavy atom. The summed E-state index contributed by atoms with van der Waals surface area (Å²) in [6.07, 6.45) is 4.32. The van der Waals surface area contributed by atoms with Crippen LogP contribution in [0, 0.1) is 5.82 Å². The number of amides is 1. The van der Waals surface area contributed by atoms with Crippen LogP contribution in [0.2, 0.25) is 5.02 Å². The molecule has 31 heavy (non-hydrogen) atoms. The van der Waals surface area contributed by atoms with E-state index in [0.29, 0.717) is 23.0 Å². The summed E-state index contributed by atoms with van der Waals surface area (Å²) in [6.45, 7) is 0.458. The molecule has 1 aromatic heterocycles. The molecule has 4 rings (SSSR count). The fraction of sp³-hybridized carbons (Fsp3) is 0.261. The number of benzene rings is 2. The summed E-state index contributed by atoms with van der Waals surface area (Å²) >= 11 is 6.03. The Balaban J connectivity index is 1.59. The van der Waals surface area contributed by atoms with E-state index in [1.165, 1.54) is 24.3 Å². The SMILES string of the molecule is Nc1ncc(-c2ccc(Cl)cc2)c([C@H]2CCCCN2C(=O)COc2ccc(F)cc2)n1. The van der Waals surface area contributed by atoms with Crippen LogP contribution in [0.3, 0.4) is 0 Å². The Morgan fingerprint density at radius 2 is 1.90 bits per heavy atom. The van der Waals surface area contributed by atoms with E-state index in [2.05, 4.69) is 9.97 Å². The smallest absolute Gasteiger partial charge is 0.261 e. The Hall–Kier alpha value is -3.19. The standard InChI is InChI=1S/C23H22ClFN4O2/c24-16-6-4-15(5-7-16)19-13-27-23(26)28-22(19)20-3-1-2-12-29(20)21(30)14-31-18-10-8-17(25)9-11-18/h4-11,13,20H,1-3,12,14H2,(H2,26,27,28)/t20-/m1/s1. The summed E-state index contributed by atoms with van der Waals surface area (Å²) < 4.78 is 18.7. The van der Waals surface area contributed by atoms with Crippen molar-refractivity contribution in [2.24, 2.45) is 0 Å². The van der Waals surface area contributed by atoms with E-state index in [4.69, 9.17) is 22.1 Å². The van der Waals surface area contributed by atoms with Crippen molar-refractivity contribution in [2.75, 3.05) is 18.9 Å². The molecule has 6 nitrogen and oxygen atoms in total. The van der Waals surface area contributed by atoms with E-state index >= 15 is 0 Å². The second-order valence-corrected chi connectivity index (χ2v) is 7.81. The van der Waals surface area contributed by atoms with E-state index in [0.717, 1.165) is 30.4 Å². The van der Waals surface area contributed by atoms with E-state index in [9.17, 15) is 9.18 Å². The Morgan fingerprint density at radius 1 is 1.16 bits per heavy atom. The number of carbonyl (C=O) groups excluding carboxylic acids is 1. The number of rotatable bonds is 5. The van der Waals surface area contributed by atoms with E-state index < -0.39 is 0 Å². The molecule has 2 N–H and O–H groups in total. The summed E-state index contributed by atoms with van der Waals surface area (Å²) in [7, 11) is 0. The van der Waals surface area contributed by atoms with Gasteiger partial charge in [-0.25, -0.2) is 14.4 Å². The zero-order valence-electron chi connectivity index (χ0n) is 16.8. The van der Waals surface area contributed by atoms with Crippen molar-refractivity contribution in [3.05, 3.63) is 71.3 Å². The summed E-state index contributed by atoms with van der Waals surface area (Å²) in [5, 5.41) is 0.633. The average molecular weight is 441 g/mol. The van der Waals surface area contributed by atoms with Gasteiger partial charge in [0.15, 0.2) is 6.61 Å². The van der Waals surface area contributed by atoms with Crippen molar-refractivity contribution in [3.8, 4) is 16.9 Å². The molecular formula is C23H22ClFN4O2. The highest BCUT2D eigenvalue weighted by molar-refractivity contribution is 6.30. The molecule has 2 heterocycles. The number of hydrogen-bond donors (Lipinski definition) is 1. The van der Waals surface area contributed by atoms with Gasteiger partial charge in [-0.2, -0.15) is 0 Å². The second-order valence-electron chi connectivity index (χ2n) is 7.38. The number of carbonyl (C=O) groups is 1. The summed E-state index contributed by atoms with van der Waals surface area (Å²) in [4.78, 5) is 23.5. The number of piperidine rings is 1. The molecule has 1 fully saturated rings. The van der Waals surface area contributed by atoms with Gasteiger partial charge in [0, 0.05) is 23.3 Å². The quantitative estimate of drug-likeness (QED) is 0.624. The summed E-state index contributed by atoms with van der Waals surface area (Å²) in [6, 6.07) is 12.8. The van der Waals surface area contributed by atoms with Crippen LogP contribution in [0.1, 0.15) is 31.0 Å². The van der Waals surface area contributed by atoms with E-state index in [1.807, 2.05) is 12.1 Å². The van der Waals surface area contributed by atoms with Crippen molar-refractivity contribution < 1.29 is 13.9 Å². The maximum atomic E-state index is 13.1. The fourth-order valence-corrected chi connectivity index (χ4v) is 3.91. The lowest BCUT2D eigenvalue weighted by Crippen LogP contribution is -2.41. The number of anilines is 1. The van der Waals surface area contributed by atoms with Gasteiger partial charge >= 0.3 is 0 Å². The van der Waals surface area contributed by atoms with Gasteiger partial charge in [0.2, 0.25) is 5.95 Å². The second kappa shape index (κ2) is 9.31. The minimum absolute atomic E-state index is 0.140. The highest BCUT2D eigenvalue weighted by Gasteiger charge is 2.31. The molecule has 8 heteroatoms. The van der Waals surface area contributed by atoms with Crippen LogP contribution in [0.5, 0.6) is 5.75 Å². The van der Waals surface area contributed by atoms with Crippen LogP contribution in [0.4, 0.5) is 10.3 Å². The monoisotopic (exact) mass is 440 g/mol. The highest BCUT2D eigenvalue weighted by atomic mass is 35.5. The van der Waals surface area contributed by atoms with Crippen molar-refractivity contribution in [2.45, 2.75) is 25.3 Å². The predicted octanol–water partition coefficient (Wildman–Crippen LogP) is 4.65. The molecule has 160 valence electrons. The van der Waals surface area contributed by atoms with Gasteiger partial charge in [-0.1, -0.05) is 23.7 Å². The molecule has 0 radical (unpaired) electrons. The molecule has 1 aliphatic rings. The lowest BCUT2D eigenvalue weighted by Gasteiger charge is -2.36. The molecule has 1 amide bonds. The van der Waals surface area contributed by atoms with E-state index in [-0.39, 0.29) is 30.3 Å². The molecule has 0 bridgehead atoms. The normalized spacial score (nSPS) is 16.2. The first kappa shape index (κ1) is 21.1. The van der Waals surface area contributed by atoms with Crippen LogP contribution in [-0.2, 0) is 4.79 Å². The minimum Gasteiger partial charge on any atom is -0.484 e. The highest BCUT2D eigenvalue weighted by Crippen LogP contribution is 2.36. The van der Waals surface area contributed by atoms with Crippen LogP contribution in [0.15, 0.2) is 54.7 Å². The van der Waals surface area contributed by atoms with Crippen molar-refractivity contribution >= 4 is 23.5 Å². The molecule has 1 saturated heterocycles. The Labute approximate surface area is 184 Å². The van der Waals surface area contributed by atoms with E-state index in [1.54, 1.807) is 23.2 Å². The number of likely N-dealkylation sites (tertiary alicyclic amines) is 1. The van der Waals surface area contributed by atoms with Crippen LogP contribution < -0.4 is 10.5 Å². The van der Waals surface area contributed by atoms with Gasteiger partial charge in [0.25, 0.3) is 5.91 Å². The third-order valence-electron chi connectivity index (χ3n) is 5.31. The first-order valence-electron chi connectivity index (χ1n) is 10.1. The first-order valence-corrected chi connectivity index (χ1v) is 10.5. The number of nitrogens with zero attached hydrogens (tertiary/aromatic N) is 3. The summed E-state index contributed by atoms with van der Waals surface area (Å²) in [5.41, 5.74) is 8.33. The first-order chi connectivity index (χ1) is 15.0. The number of nitrogens with two attached hydrogens (primary N) is 1. The molecule has 1 aliphatic heterocycles. The number of ether oxygens (including phenoxy) is 1. The van der Waals surface area contributed by atoms with Crippen molar-refractivity contribution in [1.82, 2.24) is 14.9 Å². The molecule has 2 aromatic carbocycles. The minimum atomic E-state index is -0.356. The molecule has 1 atom stereocenters. The number of nitrogen functional groups attached to an aromatic ring is 1. The van der Waals surface area contributed by atoms with Gasteiger partial charge < -0.3 is 15.4 Å². The third kappa shape index (κ3) is 4.94. The largest absolute Gasteiger partial charge is 0.484 e. The lowest BCUT2D eigenvalue weighted by molar-refractivity contribution is -0.137. The van der Waals surface area contributed by atoms with Gasteiger partial charge in [0.1, 0.15) is 11.6 Å². The maximum absolute atomic E-state index is 13.1. The lowest BCUT2D eigenvalue weighted by atomic mass is 9.94. The van der Waals surface area contributed by atoms with Crippen LogP contribution in [-0.4, -0.2) is 33.9 Å². The summed E-state index contributed by atoms with van der Waals surface area (Å²) in [5.74, 6) is 0.0869. The maximum Gasteiger partial charge on any atom is 0.261 e. The Bertz CT molecular complexity index is 1060. The van der Waals surface area contributed by atoms with Crippen molar-refractivity contribution in [1.29, 1.82) is 0 Å². The third-order valence-corrected chi connectivity index (χ3v) is 5.56. The topological polar surface area (TPSA) is 81.3 Å². The molecule has 0 spiro atoms. The zero-order chi connectivity index (χ0) is 21.8. The van der Waals surface area contributed by atoms with Crippen LogP contribution in [0.25, 0.3) is 11.1 Å². The Kier molecular flexibility index (Phi) is 6.32. The van der Waals surface area contributed by atoms with Gasteiger partial charge in [0.05, 0.1) is 11.7 Å². The number of hydrogen-bond acceptors (Lipinski definition) is 5. The molecule has 0 unspecified atom stereocenters. The molecule has 0 saturated carbocycles. The molecule has 0 aliphatic carbocycles.